The number of nitro benzene ring substituents is 1. The van der Waals surface area contributed by atoms with Gasteiger partial charge >= 0.3 is 12.4 Å². The van der Waals surface area contributed by atoms with Crippen molar-refractivity contribution in [1.82, 2.24) is 0 Å². The van der Waals surface area contributed by atoms with Crippen LogP contribution in [0.3, 0.4) is 0 Å². The second-order valence-electron chi connectivity index (χ2n) is 6.93. The van der Waals surface area contributed by atoms with Crippen LogP contribution in [-0.2, 0) is 17.1 Å². The van der Waals surface area contributed by atoms with Gasteiger partial charge in [-0.25, -0.2) is 0 Å². The predicted molar refractivity (Wildman–Crippen MR) is 109 cm³/mol. The van der Waals surface area contributed by atoms with Gasteiger partial charge in [0.1, 0.15) is 23.2 Å². The van der Waals surface area contributed by atoms with Gasteiger partial charge in [-0.3, -0.25) is 14.9 Å². The van der Waals surface area contributed by atoms with E-state index >= 15 is 0 Å². The highest BCUT2D eigenvalue weighted by Crippen LogP contribution is 2.37. The zero-order chi connectivity index (χ0) is 26.0. The number of benzene rings is 2. The lowest BCUT2D eigenvalue weighted by Crippen LogP contribution is -2.16. The molecule has 1 N–H and O–H groups in total. The SMILES string of the molecule is N#C/C(=C\c1ccc(-c2cccc([N+](=O)[O-])c2)o1)C(=O)Nc1cc(C(F)(F)F)cc(C(F)(F)F)c1. The number of hydrogen-bond donors (Lipinski definition) is 1. The van der Waals surface area contributed by atoms with Crippen LogP contribution in [0, 0.1) is 21.4 Å². The van der Waals surface area contributed by atoms with E-state index in [0.29, 0.717) is 17.7 Å². The van der Waals surface area contributed by atoms with E-state index in [4.69, 9.17) is 4.42 Å². The van der Waals surface area contributed by atoms with Crippen molar-refractivity contribution in [2.45, 2.75) is 12.4 Å². The number of non-ortho nitro benzene ring substituents is 1. The number of nitrogens with zero attached hydrogens (tertiary/aromatic N) is 2. The number of alkyl halides is 6. The maximum atomic E-state index is 13.0. The molecule has 2 aromatic carbocycles. The van der Waals surface area contributed by atoms with Crippen molar-refractivity contribution in [2.24, 2.45) is 0 Å². The van der Waals surface area contributed by atoms with Gasteiger partial charge in [-0.15, -0.1) is 0 Å². The first-order chi connectivity index (χ1) is 16.3. The second kappa shape index (κ2) is 9.34. The highest BCUT2D eigenvalue weighted by molar-refractivity contribution is 6.09. The minimum absolute atomic E-state index is 0.0711. The molecule has 0 atom stereocenters. The van der Waals surface area contributed by atoms with Crippen LogP contribution in [0.1, 0.15) is 16.9 Å². The Kier molecular flexibility index (Phi) is 6.68. The summed E-state index contributed by atoms with van der Waals surface area (Å²) >= 11 is 0. The van der Waals surface area contributed by atoms with Gasteiger partial charge in [0.15, 0.2) is 0 Å². The fourth-order valence-electron chi connectivity index (χ4n) is 2.87. The first-order valence-electron chi connectivity index (χ1n) is 9.35. The maximum Gasteiger partial charge on any atom is 0.416 e. The number of furan rings is 1. The van der Waals surface area contributed by atoms with Crippen molar-refractivity contribution in [1.29, 1.82) is 5.26 Å². The first kappa shape index (κ1) is 25.0. The average molecular weight is 495 g/mol. The lowest BCUT2D eigenvalue weighted by molar-refractivity contribution is -0.384. The monoisotopic (exact) mass is 495 g/mol. The maximum absolute atomic E-state index is 13.0. The number of nitrogens with one attached hydrogen (secondary N) is 1. The van der Waals surface area contributed by atoms with Gasteiger partial charge in [0.25, 0.3) is 11.6 Å². The van der Waals surface area contributed by atoms with Crippen molar-refractivity contribution < 1.29 is 40.5 Å². The summed E-state index contributed by atoms with van der Waals surface area (Å²) < 4.78 is 83.5. The molecule has 1 amide bonds. The molecular formula is C22H11F6N3O4. The summed E-state index contributed by atoms with van der Waals surface area (Å²) in [7, 11) is 0. The number of amides is 1. The lowest BCUT2D eigenvalue weighted by Gasteiger charge is -2.14. The number of halogens is 6. The number of rotatable bonds is 5. The normalized spacial score (nSPS) is 12.2. The van der Waals surface area contributed by atoms with E-state index in [1.54, 1.807) is 0 Å². The Balaban J connectivity index is 1.89. The Morgan fingerprint density at radius 1 is 1.00 bits per heavy atom. The molecule has 1 heterocycles. The van der Waals surface area contributed by atoms with Gasteiger partial charge in [-0.05, 0) is 30.3 Å². The quantitative estimate of drug-likeness (QED) is 0.144. The molecule has 0 fully saturated rings. The molecule has 0 aliphatic heterocycles. The van der Waals surface area contributed by atoms with E-state index in [1.807, 2.05) is 5.32 Å². The third-order valence-electron chi connectivity index (χ3n) is 4.47. The third kappa shape index (κ3) is 6.05. The molecule has 0 bridgehead atoms. The van der Waals surface area contributed by atoms with Crippen LogP contribution in [0.25, 0.3) is 17.4 Å². The van der Waals surface area contributed by atoms with E-state index in [9.17, 15) is 46.5 Å². The first-order valence-corrected chi connectivity index (χ1v) is 9.35. The minimum atomic E-state index is -5.12. The Labute approximate surface area is 192 Å². The molecule has 0 saturated carbocycles. The molecule has 0 radical (unpaired) electrons. The molecule has 0 saturated heterocycles. The van der Waals surface area contributed by atoms with Crippen LogP contribution in [0.15, 0.2) is 64.6 Å². The molecule has 3 rings (SSSR count). The zero-order valence-electron chi connectivity index (χ0n) is 17.1. The molecule has 0 unspecified atom stereocenters. The van der Waals surface area contributed by atoms with E-state index in [-0.39, 0.29) is 23.3 Å². The van der Waals surface area contributed by atoms with Gasteiger partial charge < -0.3 is 9.73 Å². The summed E-state index contributed by atoms with van der Waals surface area (Å²) in [4.78, 5) is 22.7. The fourth-order valence-corrected chi connectivity index (χ4v) is 2.87. The van der Waals surface area contributed by atoms with Crippen molar-refractivity contribution in [3.63, 3.8) is 0 Å². The lowest BCUT2D eigenvalue weighted by atomic mass is 10.1. The van der Waals surface area contributed by atoms with Crippen LogP contribution in [0.4, 0.5) is 37.7 Å². The second-order valence-corrected chi connectivity index (χ2v) is 6.93. The largest absolute Gasteiger partial charge is 0.457 e. The number of nitriles is 1. The molecule has 13 heteroatoms. The van der Waals surface area contributed by atoms with Crippen LogP contribution in [0.2, 0.25) is 0 Å². The highest BCUT2D eigenvalue weighted by atomic mass is 19.4. The van der Waals surface area contributed by atoms with E-state index in [0.717, 1.165) is 6.08 Å². The molecule has 180 valence electrons. The molecular weight excluding hydrogens is 484 g/mol. The highest BCUT2D eigenvalue weighted by Gasteiger charge is 2.37. The van der Waals surface area contributed by atoms with Gasteiger partial charge in [0.2, 0.25) is 0 Å². The third-order valence-corrected chi connectivity index (χ3v) is 4.47. The Morgan fingerprint density at radius 3 is 2.17 bits per heavy atom. The summed E-state index contributed by atoms with van der Waals surface area (Å²) in [6, 6.07) is 10.1. The van der Waals surface area contributed by atoms with Crippen molar-refractivity contribution in [3.8, 4) is 17.4 Å². The van der Waals surface area contributed by atoms with E-state index < -0.39 is 45.6 Å². The van der Waals surface area contributed by atoms with Gasteiger partial charge in [-0.1, -0.05) is 12.1 Å². The smallest absolute Gasteiger partial charge is 0.416 e. The van der Waals surface area contributed by atoms with E-state index in [2.05, 4.69) is 0 Å². The fraction of sp³-hybridized carbons (Fsp3) is 0.0909. The van der Waals surface area contributed by atoms with Crippen molar-refractivity contribution >= 4 is 23.4 Å². The summed E-state index contributed by atoms with van der Waals surface area (Å²) in [5.41, 5.74) is -4.70. The van der Waals surface area contributed by atoms with E-state index in [1.165, 1.54) is 42.5 Å². The number of anilines is 1. The van der Waals surface area contributed by atoms with Gasteiger partial charge in [-0.2, -0.15) is 31.6 Å². The van der Waals surface area contributed by atoms with Crippen LogP contribution in [-0.4, -0.2) is 10.8 Å². The van der Waals surface area contributed by atoms with Crippen molar-refractivity contribution in [2.75, 3.05) is 5.32 Å². The van der Waals surface area contributed by atoms with Crippen molar-refractivity contribution in [3.05, 3.63) is 87.2 Å². The Bertz CT molecular complexity index is 1330. The number of carbonyl (C=O) groups excluding carboxylic acids is 1. The Morgan fingerprint density at radius 2 is 1.63 bits per heavy atom. The summed E-state index contributed by atoms with van der Waals surface area (Å²) in [5.74, 6) is -1.21. The molecule has 3 aromatic rings. The minimum Gasteiger partial charge on any atom is -0.457 e. The number of nitro groups is 1. The summed E-state index contributed by atoms with van der Waals surface area (Å²) in [5, 5.41) is 22.0. The topological polar surface area (TPSA) is 109 Å². The van der Waals surface area contributed by atoms with Crippen LogP contribution >= 0.6 is 0 Å². The van der Waals surface area contributed by atoms with Gasteiger partial charge in [0.05, 0.1) is 16.1 Å². The van der Waals surface area contributed by atoms with Gasteiger partial charge in [0, 0.05) is 29.5 Å². The number of carbonyl (C=O) groups is 1. The summed E-state index contributed by atoms with van der Waals surface area (Å²) in [6.07, 6.45) is -9.33. The molecule has 0 aliphatic carbocycles. The summed E-state index contributed by atoms with van der Waals surface area (Å²) in [6.45, 7) is 0. The standard InChI is InChI=1S/C22H11F6N3O4/c23-21(24,25)14-8-15(22(26,27)28)10-16(9-14)30-20(32)13(11-29)7-18-4-5-19(35-18)12-2-1-3-17(6-12)31(33)34/h1-10H,(H,30,32)/b13-7+. The predicted octanol–water partition coefficient (Wildman–Crippen LogP) is 6.44. The molecule has 7 nitrogen and oxygen atoms in total. The molecule has 35 heavy (non-hydrogen) atoms. The molecule has 0 aliphatic rings. The molecule has 0 spiro atoms. The zero-order valence-corrected chi connectivity index (χ0v) is 17.1. The Hall–Kier alpha value is -4.60. The molecule has 1 aromatic heterocycles. The van der Waals surface area contributed by atoms with Crippen LogP contribution < -0.4 is 5.32 Å². The van der Waals surface area contributed by atoms with Crippen LogP contribution in [0.5, 0.6) is 0 Å². The average Bonchev–Trinajstić information content (AvgIpc) is 3.24. The number of hydrogen-bond acceptors (Lipinski definition) is 5.